The van der Waals surface area contributed by atoms with Gasteiger partial charge in [-0.05, 0) is 36.4 Å². The number of para-hydroxylation sites is 1. The molecule has 0 fully saturated rings. The van der Waals surface area contributed by atoms with Gasteiger partial charge in [0.1, 0.15) is 0 Å². The number of benzene rings is 2. The third-order valence-electron chi connectivity index (χ3n) is 3.31. The van der Waals surface area contributed by atoms with Gasteiger partial charge in [-0.3, -0.25) is 9.59 Å². The number of nitrogens with zero attached hydrogens (tertiary/aromatic N) is 1. The molecule has 0 aromatic heterocycles. The summed E-state index contributed by atoms with van der Waals surface area (Å²) in [5.41, 5.74) is 0.971. The average molecular weight is 346 g/mol. The Balaban J connectivity index is 2.00. The second-order valence-corrected chi connectivity index (χ2v) is 7.39. The molecular formula is C17H18N2O4S. The van der Waals surface area contributed by atoms with Crippen LogP contribution in [0.1, 0.15) is 10.4 Å². The van der Waals surface area contributed by atoms with Crippen molar-refractivity contribution in [2.75, 3.05) is 25.2 Å². The molecule has 0 bridgehead atoms. The van der Waals surface area contributed by atoms with Crippen molar-refractivity contribution < 1.29 is 18.0 Å². The van der Waals surface area contributed by atoms with E-state index in [1.54, 1.807) is 24.3 Å². The van der Waals surface area contributed by atoms with E-state index in [0.29, 0.717) is 11.3 Å². The summed E-state index contributed by atoms with van der Waals surface area (Å²) >= 11 is 0. The summed E-state index contributed by atoms with van der Waals surface area (Å²) < 4.78 is 22.8. The van der Waals surface area contributed by atoms with Crippen LogP contribution in [0.4, 0.5) is 5.69 Å². The van der Waals surface area contributed by atoms with Crippen molar-refractivity contribution in [3.8, 4) is 0 Å². The molecule has 126 valence electrons. The predicted molar refractivity (Wildman–Crippen MR) is 91.6 cm³/mol. The molecule has 0 aliphatic rings. The Hall–Kier alpha value is -2.67. The highest BCUT2D eigenvalue weighted by atomic mass is 32.2. The Morgan fingerprint density at radius 2 is 1.58 bits per heavy atom. The molecule has 24 heavy (non-hydrogen) atoms. The van der Waals surface area contributed by atoms with E-state index in [2.05, 4.69) is 5.32 Å². The first-order valence-electron chi connectivity index (χ1n) is 7.18. The van der Waals surface area contributed by atoms with Gasteiger partial charge in [0.25, 0.3) is 5.91 Å². The molecule has 2 aromatic rings. The van der Waals surface area contributed by atoms with Crippen LogP contribution in [-0.4, -0.2) is 45.0 Å². The molecule has 0 radical (unpaired) electrons. The summed E-state index contributed by atoms with van der Waals surface area (Å²) in [6.45, 7) is -0.110. The van der Waals surface area contributed by atoms with E-state index in [9.17, 15) is 18.0 Å². The first-order chi connectivity index (χ1) is 11.3. The lowest BCUT2D eigenvalue weighted by Gasteiger charge is -2.17. The van der Waals surface area contributed by atoms with Gasteiger partial charge in [0.05, 0.1) is 11.4 Å². The van der Waals surface area contributed by atoms with Crippen LogP contribution in [0.2, 0.25) is 0 Å². The van der Waals surface area contributed by atoms with Gasteiger partial charge >= 0.3 is 0 Å². The molecule has 0 unspecified atom stereocenters. The molecule has 0 aliphatic carbocycles. The summed E-state index contributed by atoms with van der Waals surface area (Å²) in [5, 5.41) is 2.70. The fraction of sp³-hybridized carbons (Fsp3) is 0.176. The van der Waals surface area contributed by atoms with Crippen LogP contribution in [-0.2, 0) is 14.6 Å². The lowest BCUT2D eigenvalue weighted by Crippen LogP contribution is -2.34. The maximum Gasteiger partial charge on any atom is 0.254 e. The molecular weight excluding hydrogens is 328 g/mol. The summed E-state index contributed by atoms with van der Waals surface area (Å²) in [7, 11) is -1.80. The van der Waals surface area contributed by atoms with Gasteiger partial charge in [-0.15, -0.1) is 0 Å². The van der Waals surface area contributed by atoms with Crippen molar-refractivity contribution in [1.29, 1.82) is 0 Å². The lowest BCUT2D eigenvalue weighted by molar-refractivity contribution is -0.116. The first-order valence-corrected chi connectivity index (χ1v) is 9.07. The standard InChI is InChI=1S/C17H18N2O4S/c1-19(12-16(20)18-14-6-4-3-5-7-14)17(21)13-8-10-15(11-9-13)24(2,22)23/h3-11H,12H2,1-2H3,(H,18,20). The van der Waals surface area contributed by atoms with Gasteiger partial charge in [0.2, 0.25) is 5.91 Å². The molecule has 0 saturated carbocycles. The Labute approximate surface area is 141 Å². The fourth-order valence-electron chi connectivity index (χ4n) is 2.07. The molecule has 0 spiro atoms. The van der Waals surface area contributed by atoms with Crippen LogP contribution in [0.3, 0.4) is 0 Å². The maximum absolute atomic E-state index is 12.3. The van der Waals surface area contributed by atoms with E-state index in [4.69, 9.17) is 0 Å². The zero-order chi connectivity index (χ0) is 17.7. The van der Waals surface area contributed by atoms with E-state index in [0.717, 1.165) is 6.26 Å². The van der Waals surface area contributed by atoms with E-state index >= 15 is 0 Å². The molecule has 1 N–H and O–H groups in total. The number of carbonyl (C=O) groups is 2. The molecule has 2 rings (SSSR count). The SMILES string of the molecule is CN(CC(=O)Nc1ccccc1)C(=O)c1ccc(S(C)(=O)=O)cc1. The van der Waals surface area contributed by atoms with Crippen molar-refractivity contribution in [3.05, 3.63) is 60.2 Å². The Bertz CT molecular complexity index is 831. The number of hydrogen-bond donors (Lipinski definition) is 1. The minimum absolute atomic E-state index is 0.110. The maximum atomic E-state index is 12.3. The number of nitrogens with one attached hydrogen (secondary N) is 1. The predicted octanol–water partition coefficient (Wildman–Crippen LogP) is 1.80. The number of amides is 2. The Morgan fingerprint density at radius 3 is 2.12 bits per heavy atom. The van der Waals surface area contributed by atoms with Gasteiger partial charge in [-0.1, -0.05) is 18.2 Å². The summed E-state index contributed by atoms with van der Waals surface area (Å²) in [4.78, 5) is 25.7. The zero-order valence-corrected chi connectivity index (χ0v) is 14.2. The normalized spacial score (nSPS) is 10.9. The summed E-state index contributed by atoms with van der Waals surface area (Å²) in [6, 6.07) is 14.6. The van der Waals surface area contributed by atoms with Gasteiger partial charge < -0.3 is 10.2 Å². The number of sulfone groups is 1. The van der Waals surface area contributed by atoms with E-state index in [-0.39, 0.29) is 23.3 Å². The smallest absolute Gasteiger partial charge is 0.254 e. The Kier molecular flexibility index (Phi) is 5.35. The summed E-state index contributed by atoms with van der Waals surface area (Å²) in [6.07, 6.45) is 1.10. The largest absolute Gasteiger partial charge is 0.332 e. The topological polar surface area (TPSA) is 83.6 Å². The molecule has 2 aromatic carbocycles. The highest BCUT2D eigenvalue weighted by Crippen LogP contribution is 2.12. The molecule has 6 nitrogen and oxygen atoms in total. The van der Waals surface area contributed by atoms with E-state index < -0.39 is 9.84 Å². The highest BCUT2D eigenvalue weighted by Gasteiger charge is 2.16. The van der Waals surface area contributed by atoms with Crippen LogP contribution >= 0.6 is 0 Å². The number of carbonyl (C=O) groups excluding carboxylic acids is 2. The molecule has 7 heteroatoms. The van der Waals surface area contributed by atoms with Gasteiger partial charge in [0.15, 0.2) is 9.84 Å². The zero-order valence-electron chi connectivity index (χ0n) is 13.4. The molecule has 0 heterocycles. The van der Waals surface area contributed by atoms with Crippen LogP contribution < -0.4 is 5.32 Å². The number of hydrogen-bond acceptors (Lipinski definition) is 4. The molecule has 0 aliphatic heterocycles. The fourth-order valence-corrected chi connectivity index (χ4v) is 2.70. The number of likely N-dealkylation sites (N-methyl/N-ethyl adjacent to an activating group) is 1. The van der Waals surface area contributed by atoms with Crippen LogP contribution in [0, 0.1) is 0 Å². The molecule has 2 amide bonds. The molecule has 0 saturated heterocycles. The third kappa shape index (κ3) is 4.66. The molecule has 0 atom stereocenters. The minimum Gasteiger partial charge on any atom is -0.332 e. The minimum atomic E-state index is -3.31. The van der Waals surface area contributed by atoms with E-state index in [1.165, 1.54) is 36.2 Å². The lowest BCUT2D eigenvalue weighted by atomic mass is 10.2. The second kappa shape index (κ2) is 7.27. The van der Waals surface area contributed by atoms with Crippen LogP contribution in [0.5, 0.6) is 0 Å². The average Bonchev–Trinajstić information content (AvgIpc) is 2.54. The van der Waals surface area contributed by atoms with Crippen molar-refractivity contribution >= 4 is 27.3 Å². The Morgan fingerprint density at radius 1 is 1.00 bits per heavy atom. The van der Waals surface area contributed by atoms with Gasteiger partial charge in [0, 0.05) is 24.6 Å². The van der Waals surface area contributed by atoms with Crippen molar-refractivity contribution in [1.82, 2.24) is 4.90 Å². The van der Waals surface area contributed by atoms with Crippen molar-refractivity contribution in [2.45, 2.75) is 4.90 Å². The van der Waals surface area contributed by atoms with Crippen molar-refractivity contribution in [2.24, 2.45) is 0 Å². The third-order valence-corrected chi connectivity index (χ3v) is 4.44. The summed E-state index contributed by atoms with van der Waals surface area (Å²) in [5.74, 6) is -0.678. The first kappa shape index (κ1) is 17.7. The van der Waals surface area contributed by atoms with Crippen LogP contribution in [0.15, 0.2) is 59.5 Å². The quantitative estimate of drug-likeness (QED) is 0.895. The van der Waals surface area contributed by atoms with Gasteiger partial charge in [-0.25, -0.2) is 8.42 Å². The van der Waals surface area contributed by atoms with E-state index in [1.807, 2.05) is 6.07 Å². The number of anilines is 1. The van der Waals surface area contributed by atoms with Gasteiger partial charge in [-0.2, -0.15) is 0 Å². The highest BCUT2D eigenvalue weighted by molar-refractivity contribution is 7.90. The van der Waals surface area contributed by atoms with Crippen LogP contribution in [0.25, 0.3) is 0 Å². The second-order valence-electron chi connectivity index (χ2n) is 5.37. The monoisotopic (exact) mass is 346 g/mol. The van der Waals surface area contributed by atoms with Crippen molar-refractivity contribution in [3.63, 3.8) is 0 Å². The number of rotatable bonds is 5.